The largest absolute Gasteiger partial charge is 0.324 e. The molecule has 0 aliphatic carbocycles. The van der Waals surface area contributed by atoms with Crippen molar-refractivity contribution in [2.45, 2.75) is 13.1 Å². The third-order valence-electron chi connectivity index (χ3n) is 2.11. The first-order valence-electron chi connectivity index (χ1n) is 4.71. The van der Waals surface area contributed by atoms with E-state index < -0.39 is 0 Å². The van der Waals surface area contributed by atoms with Gasteiger partial charge in [-0.15, -0.1) is 0 Å². The second-order valence-electron chi connectivity index (χ2n) is 3.30. The van der Waals surface area contributed by atoms with E-state index in [1.807, 2.05) is 0 Å². The third-order valence-corrected chi connectivity index (χ3v) is 2.35. The zero-order valence-corrected chi connectivity index (χ0v) is 9.15. The van der Waals surface area contributed by atoms with Gasteiger partial charge in [0.2, 0.25) is 0 Å². The van der Waals surface area contributed by atoms with Crippen molar-refractivity contribution < 1.29 is 4.39 Å². The molecule has 0 unspecified atom stereocenters. The minimum atomic E-state index is -0.350. The molecular formula is C10H10ClFN4. The Morgan fingerprint density at radius 1 is 1.44 bits per heavy atom. The minimum Gasteiger partial charge on any atom is -0.324 e. The lowest BCUT2D eigenvalue weighted by Gasteiger charge is -2.03. The van der Waals surface area contributed by atoms with Crippen LogP contribution in [-0.2, 0) is 13.1 Å². The van der Waals surface area contributed by atoms with Crippen molar-refractivity contribution in [3.05, 3.63) is 46.8 Å². The van der Waals surface area contributed by atoms with Crippen molar-refractivity contribution in [3.8, 4) is 0 Å². The number of nitrogens with zero attached hydrogens (tertiary/aromatic N) is 3. The molecule has 4 nitrogen and oxygen atoms in total. The Kier molecular flexibility index (Phi) is 3.17. The molecule has 0 radical (unpaired) electrons. The summed E-state index contributed by atoms with van der Waals surface area (Å²) in [6.07, 6.45) is 1.52. The summed E-state index contributed by atoms with van der Waals surface area (Å²) in [5.41, 5.74) is 5.89. The number of rotatable bonds is 3. The maximum atomic E-state index is 13.5. The molecule has 0 aliphatic rings. The van der Waals surface area contributed by atoms with E-state index in [1.54, 1.807) is 12.1 Å². The Morgan fingerprint density at radius 3 is 2.88 bits per heavy atom. The molecule has 16 heavy (non-hydrogen) atoms. The fraction of sp³-hybridized carbons (Fsp3) is 0.200. The highest BCUT2D eigenvalue weighted by Gasteiger charge is 2.05. The predicted octanol–water partition coefficient (Wildman–Crippen LogP) is 1.58. The van der Waals surface area contributed by atoms with Crippen molar-refractivity contribution in [1.82, 2.24) is 14.8 Å². The van der Waals surface area contributed by atoms with Gasteiger partial charge in [0.25, 0.3) is 0 Å². The molecule has 0 amide bonds. The van der Waals surface area contributed by atoms with Crippen molar-refractivity contribution in [2.24, 2.45) is 5.73 Å². The van der Waals surface area contributed by atoms with Gasteiger partial charge in [0.15, 0.2) is 5.82 Å². The number of nitrogens with two attached hydrogens (primary N) is 1. The average Bonchev–Trinajstić information content (AvgIpc) is 2.70. The van der Waals surface area contributed by atoms with Crippen molar-refractivity contribution in [3.63, 3.8) is 0 Å². The zero-order valence-electron chi connectivity index (χ0n) is 8.40. The highest BCUT2D eigenvalue weighted by molar-refractivity contribution is 6.30. The van der Waals surface area contributed by atoms with Crippen LogP contribution in [0.4, 0.5) is 4.39 Å². The fourth-order valence-corrected chi connectivity index (χ4v) is 1.49. The topological polar surface area (TPSA) is 56.7 Å². The summed E-state index contributed by atoms with van der Waals surface area (Å²) in [4.78, 5) is 3.96. The van der Waals surface area contributed by atoms with E-state index >= 15 is 0 Å². The van der Waals surface area contributed by atoms with Crippen molar-refractivity contribution in [1.29, 1.82) is 0 Å². The molecular weight excluding hydrogens is 231 g/mol. The number of benzene rings is 1. The highest BCUT2D eigenvalue weighted by atomic mass is 35.5. The zero-order chi connectivity index (χ0) is 11.5. The molecule has 0 saturated carbocycles. The van der Waals surface area contributed by atoms with E-state index in [-0.39, 0.29) is 12.4 Å². The molecule has 1 heterocycles. The van der Waals surface area contributed by atoms with E-state index in [2.05, 4.69) is 10.1 Å². The molecule has 6 heteroatoms. The summed E-state index contributed by atoms with van der Waals surface area (Å²) in [6, 6.07) is 4.54. The lowest BCUT2D eigenvalue weighted by atomic mass is 10.2. The van der Waals surface area contributed by atoms with Crippen LogP contribution < -0.4 is 5.73 Å². The molecule has 0 fully saturated rings. The van der Waals surface area contributed by atoms with E-state index in [9.17, 15) is 4.39 Å². The second-order valence-corrected chi connectivity index (χ2v) is 3.73. The Morgan fingerprint density at radius 2 is 2.25 bits per heavy atom. The molecule has 0 spiro atoms. The molecule has 0 aliphatic heterocycles. The van der Waals surface area contributed by atoms with Crippen LogP contribution in [0.1, 0.15) is 11.4 Å². The number of hydrogen-bond donors (Lipinski definition) is 1. The quantitative estimate of drug-likeness (QED) is 0.886. The van der Waals surface area contributed by atoms with Gasteiger partial charge in [-0.25, -0.2) is 14.1 Å². The molecule has 84 valence electrons. The Bertz CT molecular complexity index is 497. The van der Waals surface area contributed by atoms with Gasteiger partial charge in [-0.2, -0.15) is 5.10 Å². The second kappa shape index (κ2) is 4.59. The maximum Gasteiger partial charge on any atom is 0.164 e. The average molecular weight is 241 g/mol. The first kappa shape index (κ1) is 11.0. The summed E-state index contributed by atoms with van der Waals surface area (Å²) in [6.45, 7) is 0.589. The van der Waals surface area contributed by atoms with Gasteiger partial charge in [0.1, 0.15) is 12.1 Å². The van der Waals surface area contributed by atoms with Crippen LogP contribution in [0.5, 0.6) is 0 Å². The summed E-state index contributed by atoms with van der Waals surface area (Å²) in [7, 11) is 0. The van der Waals surface area contributed by atoms with E-state index in [4.69, 9.17) is 17.3 Å². The SMILES string of the molecule is NCc1ncn(Cc2ccc(Cl)cc2F)n1. The van der Waals surface area contributed by atoms with E-state index in [1.165, 1.54) is 17.1 Å². The van der Waals surface area contributed by atoms with E-state index in [0.29, 0.717) is 23.0 Å². The van der Waals surface area contributed by atoms with Crippen LogP contribution in [0.15, 0.2) is 24.5 Å². The lowest BCUT2D eigenvalue weighted by molar-refractivity contribution is 0.582. The third kappa shape index (κ3) is 2.37. The van der Waals surface area contributed by atoms with Gasteiger partial charge in [0.05, 0.1) is 13.1 Å². The monoisotopic (exact) mass is 240 g/mol. The Labute approximate surface area is 96.9 Å². The van der Waals surface area contributed by atoms with Crippen LogP contribution >= 0.6 is 11.6 Å². The van der Waals surface area contributed by atoms with E-state index in [0.717, 1.165) is 0 Å². The van der Waals surface area contributed by atoms with Crippen molar-refractivity contribution >= 4 is 11.6 Å². The molecule has 2 aromatic rings. The van der Waals surface area contributed by atoms with Gasteiger partial charge >= 0.3 is 0 Å². The molecule has 1 aromatic carbocycles. The van der Waals surface area contributed by atoms with Gasteiger partial charge in [-0.3, -0.25) is 0 Å². The number of aromatic nitrogens is 3. The summed E-state index contributed by atoms with van der Waals surface area (Å²) in [5, 5.41) is 4.45. The first-order valence-corrected chi connectivity index (χ1v) is 5.09. The molecule has 1 aromatic heterocycles. The minimum absolute atomic E-state index is 0.274. The molecule has 2 rings (SSSR count). The van der Waals surface area contributed by atoms with Crippen LogP contribution in [0.3, 0.4) is 0 Å². The molecule has 0 bridgehead atoms. The van der Waals surface area contributed by atoms with Gasteiger partial charge in [0, 0.05) is 10.6 Å². The van der Waals surface area contributed by atoms with Gasteiger partial charge in [-0.1, -0.05) is 17.7 Å². The maximum absolute atomic E-state index is 13.5. The highest BCUT2D eigenvalue weighted by Crippen LogP contribution is 2.15. The standard InChI is InChI=1S/C10H10ClFN4/c11-8-2-1-7(9(12)3-8)5-16-6-14-10(4-13)15-16/h1-3,6H,4-5,13H2. The van der Waals surface area contributed by atoms with Crippen molar-refractivity contribution in [2.75, 3.05) is 0 Å². The van der Waals surface area contributed by atoms with Gasteiger partial charge < -0.3 is 5.73 Å². The number of halogens is 2. The van der Waals surface area contributed by atoms with Crippen LogP contribution in [-0.4, -0.2) is 14.8 Å². The van der Waals surface area contributed by atoms with Crippen LogP contribution in [0.25, 0.3) is 0 Å². The number of hydrogen-bond acceptors (Lipinski definition) is 3. The normalized spacial score (nSPS) is 10.7. The predicted molar refractivity (Wildman–Crippen MR) is 58.4 cm³/mol. The summed E-state index contributed by atoms with van der Waals surface area (Å²) in [5.74, 6) is 0.187. The molecule has 0 saturated heterocycles. The first-order chi connectivity index (χ1) is 7.69. The Hall–Kier alpha value is -1.46. The lowest BCUT2D eigenvalue weighted by Crippen LogP contribution is -2.04. The summed E-state index contributed by atoms with van der Waals surface area (Å²) >= 11 is 5.66. The summed E-state index contributed by atoms with van der Waals surface area (Å²) < 4.78 is 15.0. The van der Waals surface area contributed by atoms with Gasteiger partial charge in [-0.05, 0) is 12.1 Å². The van der Waals surface area contributed by atoms with Crippen LogP contribution in [0, 0.1) is 5.82 Å². The van der Waals surface area contributed by atoms with Crippen LogP contribution in [0.2, 0.25) is 5.02 Å². The Balaban J connectivity index is 2.20. The molecule has 2 N–H and O–H groups in total. The smallest absolute Gasteiger partial charge is 0.164 e. The fourth-order valence-electron chi connectivity index (χ4n) is 1.33. The molecule has 0 atom stereocenters.